The fourth-order valence-electron chi connectivity index (χ4n) is 2.05. The Bertz CT molecular complexity index is 481. The first-order valence-electron chi connectivity index (χ1n) is 6.85. The standard InChI is InChI=1S/C13H23NO5S/c1-4-9(2)14-12(17)10(3)20(18,19)8-13(5-6-13)7-11(15)16/h9-10H,4-8H2,1-3H3,(H,14,17)(H,15,16). The molecule has 0 aliphatic heterocycles. The van der Waals surface area contributed by atoms with E-state index in [1.165, 1.54) is 6.92 Å². The average Bonchev–Trinajstić information content (AvgIpc) is 3.05. The van der Waals surface area contributed by atoms with Gasteiger partial charge in [0.25, 0.3) is 0 Å². The third kappa shape index (κ3) is 4.47. The summed E-state index contributed by atoms with van der Waals surface area (Å²) in [5, 5.41) is 10.3. The number of nitrogens with one attached hydrogen (secondary N) is 1. The highest BCUT2D eigenvalue weighted by molar-refractivity contribution is 7.92. The molecule has 0 aromatic rings. The van der Waals surface area contributed by atoms with Gasteiger partial charge < -0.3 is 10.4 Å². The highest BCUT2D eigenvalue weighted by Gasteiger charge is 2.49. The second-order valence-electron chi connectivity index (χ2n) is 5.84. The van der Waals surface area contributed by atoms with E-state index in [1.54, 1.807) is 0 Å². The van der Waals surface area contributed by atoms with Gasteiger partial charge in [0.05, 0.1) is 12.2 Å². The van der Waals surface area contributed by atoms with E-state index in [4.69, 9.17) is 5.11 Å². The van der Waals surface area contributed by atoms with Crippen LogP contribution in [0.3, 0.4) is 0 Å². The molecule has 1 fully saturated rings. The van der Waals surface area contributed by atoms with Crippen LogP contribution in [0, 0.1) is 5.41 Å². The molecule has 0 aromatic heterocycles. The summed E-state index contributed by atoms with van der Waals surface area (Å²) in [6.07, 6.45) is 1.77. The molecule has 0 saturated heterocycles. The first-order valence-corrected chi connectivity index (χ1v) is 8.57. The second-order valence-corrected chi connectivity index (χ2v) is 8.16. The lowest BCUT2D eigenvalue weighted by Gasteiger charge is -2.19. The van der Waals surface area contributed by atoms with E-state index in [1.807, 2.05) is 13.8 Å². The molecule has 1 saturated carbocycles. The summed E-state index contributed by atoms with van der Waals surface area (Å²) in [4.78, 5) is 22.6. The van der Waals surface area contributed by atoms with Crippen LogP contribution in [0.25, 0.3) is 0 Å². The summed E-state index contributed by atoms with van der Waals surface area (Å²) in [5.41, 5.74) is -0.657. The SMILES string of the molecule is CCC(C)NC(=O)C(C)S(=O)(=O)CC1(CC(=O)O)CC1. The molecule has 7 heteroatoms. The van der Waals surface area contributed by atoms with Gasteiger partial charge in [-0.1, -0.05) is 6.92 Å². The molecule has 2 unspecified atom stereocenters. The number of rotatable bonds is 8. The number of carboxylic acids is 1. The van der Waals surface area contributed by atoms with Crippen molar-refractivity contribution in [3.05, 3.63) is 0 Å². The molecule has 116 valence electrons. The van der Waals surface area contributed by atoms with Gasteiger partial charge in [-0.05, 0) is 38.5 Å². The van der Waals surface area contributed by atoms with Crippen molar-refractivity contribution in [2.75, 3.05) is 5.75 Å². The molecule has 6 nitrogen and oxygen atoms in total. The Morgan fingerprint density at radius 1 is 1.30 bits per heavy atom. The zero-order valence-electron chi connectivity index (χ0n) is 12.2. The van der Waals surface area contributed by atoms with E-state index < -0.39 is 32.4 Å². The number of carbonyl (C=O) groups is 2. The first-order chi connectivity index (χ1) is 9.12. The molecule has 1 aliphatic carbocycles. The van der Waals surface area contributed by atoms with E-state index in [-0.39, 0.29) is 18.2 Å². The van der Waals surface area contributed by atoms with Crippen LogP contribution in [0.4, 0.5) is 0 Å². The van der Waals surface area contributed by atoms with E-state index in [9.17, 15) is 18.0 Å². The van der Waals surface area contributed by atoms with Gasteiger partial charge in [-0.2, -0.15) is 0 Å². The predicted molar refractivity (Wildman–Crippen MR) is 75.1 cm³/mol. The maximum atomic E-state index is 12.2. The lowest BCUT2D eigenvalue weighted by molar-refractivity contribution is -0.138. The van der Waals surface area contributed by atoms with Gasteiger partial charge in [0.1, 0.15) is 5.25 Å². The quantitative estimate of drug-likeness (QED) is 0.695. The van der Waals surface area contributed by atoms with Crippen LogP contribution in [-0.2, 0) is 19.4 Å². The van der Waals surface area contributed by atoms with Crippen LogP contribution in [0.5, 0.6) is 0 Å². The number of sulfone groups is 1. The third-order valence-electron chi connectivity index (χ3n) is 3.90. The maximum absolute atomic E-state index is 12.2. The Hall–Kier alpha value is -1.11. The molecule has 2 atom stereocenters. The van der Waals surface area contributed by atoms with Crippen molar-refractivity contribution in [2.24, 2.45) is 5.41 Å². The largest absolute Gasteiger partial charge is 0.481 e. The van der Waals surface area contributed by atoms with E-state index in [0.29, 0.717) is 12.8 Å². The van der Waals surface area contributed by atoms with E-state index >= 15 is 0 Å². The zero-order chi connectivity index (χ0) is 15.6. The number of aliphatic carboxylic acids is 1. The van der Waals surface area contributed by atoms with Crippen molar-refractivity contribution in [1.82, 2.24) is 5.32 Å². The third-order valence-corrected chi connectivity index (χ3v) is 6.21. The van der Waals surface area contributed by atoms with Crippen molar-refractivity contribution in [1.29, 1.82) is 0 Å². The van der Waals surface area contributed by atoms with Gasteiger partial charge in [0.15, 0.2) is 9.84 Å². The van der Waals surface area contributed by atoms with Gasteiger partial charge in [-0.25, -0.2) is 8.42 Å². The normalized spacial score (nSPS) is 19.9. The Kier molecular flexibility index (Phi) is 5.18. The minimum absolute atomic E-state index is 0.0749. The van der Waals surface area contributed by atoms with Gasteiger partial charge in [0.2, 0.25) is 5.91 Å². The molecular weight excluding hydrogens is 282 g/mol. The van der Waals surface area contributed by atoms with Crippen molar-refractivity contribution in [3.8, 4) is 0 Å². The van der Waals surface area contributed by atoms with Crippen molar-refractivity contribution < 1.29 is 23.1 Å². The molecule has 0 aromatic carbocycles. The molecule has 20 heavy (non-hydrogen) atoms. The number of hydrogen-bond donors (Lipinski definition) is 2. The molecular formula is C13H23NO5S. The summed E-state index contributed by atoms with van der Waals surface area (Å²) in [6.45, 7) is 5.07. The van der Waals surface area contributed by atoms with Gasteiger partial charge in [-0.15, -0.1) is 0 Å². The molecule has 0 radical (unpaired) electrons. The molecule has 1 aliphatic rings. The number of carboxylic acid groups (broad SMARTS) is 1. The van der Waals surface area contributed by atoms with Gasteiger partial charge >= 0.3 is 5.97 Å². The monoisotopic (exact) mass is 305 g/mol. The Labute approximate surface area is 119 Å². The predicted octanol–water partition coefficient (Wildman–Crippen LogP) is 0.959. The number of amides is 1. The molecule has 1 amide bonds. The zero-order valence-corrected chi connectivity index (χ0v) is 13.0. The lowest BCUT2D eigenvalue weighted by Crippen LogP contribution is -2.43. The number of carbonyl (C=O) groups excluding carboxylic acids is 1. The average molecular weight is 305 g/mol. The molecule has 0 spiro atoms. The van der Waals surface area contributed by atoms with Crippen LogP contribution >= 0.6 is 0 Å². The lowest BCUT2D eigenvalue weighted by atomic mass is 10.1. The highest BCUT2D eigenvalue weighted by Crippen LogP contribution is 2.50. The van der Waals surface area contributed by atoms with E-state index in [0.717, 1.165) is 6.42 Å². The number of hydrogen-bond acceptors (Lipinski definition) is 4. The van der Waals surface area contributed by atoms with Gasteiger partial charge in [0, 0.05) is 6.04 Å². The molecule has 0 heterocycles. The molecule has 2 N–H and O–H groups in total. The Morgan fingerprint density at radius 3 is 2.25 bits per heavy atom. The summed E-state index contributed by atoms with van der Waals surface area (Å²) in [7, 11) is -3.63. The summed E-state index contributed by atoms with van der Waals surface area (Å²) >= 11 is 0. The Morgan fingerprint density at radius 2 is 1.85 bits per heavy atom. The minimum atomic E-state index is -3.63. The smallest absolute Gasteiger partial charge is 0.303 e. The first kappa shape index (κ1) is 16.9. The fraction of sp³-hybridized carbons (Fsp3) is 0.846. The summed E-state index contributed by atoms with van der Waals surface area (Å²) < 4.78 is 24.5. The summed E-state index contributed by atoms with van der Waals surface area (Å²) in [5.74, 6) is -1.72. The highest BCUT2D eigenvalue weighted by atomic mass is 32.2. The maximum Gasteiger partial charge on any atom is 0.303 e. The van der Waals surface area contributed by atoms with Crippen LogP contribution in [0.2, 0.25) is 0 Å². The van der Waals surface area contributed by atoms with Crippen LogP contribution in [-0.4, -0.2) is 42.4 Å². The van der Waals surface area contributed by atoms with Crippen LogP contribution in [0.15, 0.2) is 0 Å². The minimum Gasteiger partial charge on any atom is -0.481 e. The fourth-order valence-corrected chi connectivity index (χ4v) is 3.94. The summed E-state index contributed by atoms with van der Waals surface area (Å²) in [6, 6.07) is -0.0749. The Balaban J connectivity index is 2.69. The van der Waals surface area contributed by atoms with Crippen LogP contribution < -0.4 is 5.32 Å². The van der Waals surface area contributed by atoms with Crippen LogP contribution in [0.1, 0.15) is 46.5 Å². The van der Waals surface area contributed by atoms with Crippen molar-refractivity contribution in [2.45, 2.75) is 57.7 Å². The van der Waals surface area contributed by atoms with Crippen molar-refractivity contribution in [3.63, 3.8) is 0 Å². The van der Waals surface area contributed by atoms with Crippen molar-refractivity contribution >= 4 is 21.7 Å². The van der Waals surface area contributed by atoms with E-state index in [2.05, 4.69) is 5.32 Å². The van der Waals surface area contributed by atoms with Gasteiger partial charge in [-0.3, -0.25) is 9.59 Å². The molecule has 0 bridgehead atoms. The second kappa shape index (κ2) is 6.11. The topological polar surface area (TPSA) is 101 Å². The molecule has 1 rings (SSSR count).